The molecule has 0 spiro atoms. The molecule has 0 amide bonds. The van der Waals surface area contributed by atoms with Crippen molar-refractivity contribution in [3.8, 4) is 0 Å². The van der Waals surface area contributed by atoms with Gasteiger partial charge in [-0.05, 0) is 12.8 Å². The zero-order valence-corrected chi connectivity index (χ0v) is 27.1. The van der Waals surface area contributed by atoms with Crippen molar-refractivity contribution in [3.05, 3.63) is 0 Å². The molecule has 1 aliphatic rings. The van der Waals surface area contributed by atoms with Gasteiger partial charge in [-0.2, -0.15) is 33.7 Å². The van der Waals surface area contributed by atoms with Crippen LogP contribution in [-0.2, 0) is 67.8 Å². The Morgan fingerprint density at radius 3 is 1.42 bits per heavy atom. The van der Waals surface area contributed by atoms with E-state index in [0.717, 1.165) is 51.4 Å². The highest BCUT2D eigenvalue weighted by Crippen LogP contribution is 2.33. The van der Waals surface area contributed by atoms with Gasteiger partial charge in [0.05, 0.1) is 12.7 Å². The minimum absolute atomic E-state index is 0.386. The van der Waals surface area contributed by atoms with Crippen molar-refractivity contribution in [1.82, 2.24) is 0 Å². The molecular formula is C21H42O18S4. The molecule has 1 fully saturated rings. The van der Waals surface area contributed by atoms with Gasteiger partial charge in [0.15, 0.2) is 12.4 Å². The van der Waals surface area contributed by atoms with E-state index in [1.54, 1.807) is 0 Å². The fourth-order valence-corrected chi connectivity index (χ4v) is 6.25. The molecule has 1 heterocycles. The zero-order valence-electron chi connectivity index (χ0n) is 23.8. The van der Waals surface area contributed by atoms with E-state index in [1.807, 2.05) is 13.8 Å². The maximum Gasteiger partial charge on any atom is 0.397 e. The summed E-state index contributed by atoms with van der Waals surface area (Å²) >= 11 is 0. The SMILES string of the molecule is CCCCCCCC(CCCCCCC)O[C@H]1O[C@H](COS(=O)(=O)O)[C@@H](OS(=O)(=O)O)[C@H](OS(=O)(=O)O)[C@H]1OS(=O)(=O)O. The molecule has 22 heteroatoms. The van der Waals surface area contributed by atoms with Crippen molar-refractivity contribution >= 4 is 41.6 Å². The van der Waals surface area contributed by atoms with Crippen LogP contribution >= 0.6 is 0 Å². The zero-order chi connectivity index (χ0) is 32.9. The topological polar surface area (TPSA) is 273 Å². The van der Waals surface area contributed by atoms with Crippen LogP contribution < -0.4 is 0 Å². The molecule has 0 unspecified atom stereocenters. The van der Waals surface area contributed by atoms with Crippen LogP contribution in [0.4, 0.5) is 0 Å². The number of hydrogen-bond donors (Lipinski definition) is 4. The molecular weight excluding hydrogens is 668 g/mol. The van der Waals surface area contributed by atoms with Crippen molar-refractivity contribution in [2.24, 2.45) is 0 Å². The molecule has 0 saturated carbocycles. The highest BCUT2D eigenvalue weighted by molar-refractivity contribution is 7.81. The molecule has 0 aliphatic carbocycles. The minimum atomic E-state index is -5.60. The fourth-order valence-electron chi connectivity index (χ4n) is 4.45. The summed E-state index contributed by atoms with van der Waals surface area (Å²) in [5.41, 5.74) is 0. The summed E-state index contributed by atoms with van der Waals surface area (Å²) in [6.45, 7) is 2.75. The second-order valence-electron chi connectivity index (χ2n) is 9.88. The smallest absolute Gasteiger partial charge is 0.347 e. The molecule has 1 saturated heterocycles. The van der Waals surface area contributed by atoms with Gasteiger partial charge in [-0.25, -0.2) is 16.7 Å². The fraction of sp³-hybridized carbons (Fsp3) is 1.00. The van der Waals surface area contributed by atoms with Gasteiger partial charge in [-0.15, -0.1) is 0 Å². The van der Waals surface area contributed by atoms with Gasteiger partial charge in [-0.3, -0.25) is 18.2 Å². The molecule has 258 valence electrons. The Bertz CT molecular complexity index is 1220. The normalized spacial score (nSPS) is 24.0. The van der Waals surface area contributed by atoms with Gasteiger partial charge < -0.3 is 9.47 Å². The van der Waals surface area contributed by atoms with E-state index in [1.165, 1.54) is 0 Å². The lowest BCUT2D eigenvalue weighted by atomic mass is 9.98. The third-order valence-electron chi connectivity index (χ3n) is 6.26. The van der Waals surface area contributed by atoms with Gasteiger partial charge in [0.1, 0.15) is 18.3 Å². The molecule has 0 radical (unpaired) electrons. The van der Waals surface area contributed by atoms with Gasteiger partial charge in [-0.1, -0.05) is 78.1 Å². The lowest BCUT2D eigenvalue weighted by Crippen LogP contribution is -2.63. The molecule has 1 rings (SSSR count). The highest BCUT2D eigenvalue weighted by atomic mass is 32.3. The number of rotatable bonds is 23. The van der Waals surface area contributed by atoms with Crippen LogP contribution in [0, 0.1) is 0 Å². The van der Waals surface area contributed by atoms with Gasteiger partial charge in [0.2, 0.25) is 0 Å². The Morgan fingerprint density at radius 2 is 1.00 bits per heavy atom. The van der Waals surface area contributed by atoms with E-state index in [9.17, 15) is 47.3 Å². The van der Waals surface area contributed by atoms with Gasteiger partial charge in [0.25, 0.3) is 0 Å². The maximum atomic E-state index is 11.7. The number of ether oxygens (including phenoxy) is 2. The summed E-state index contributed by atoms with van der Waals surface area (Å²) in [7, 11) is -21.9. The molecule has 0 aromatic heterocycles. The van der Waals surface area contributed by atoms with Crippen molar-refractivity contribution in [1.29, 1.82) is 0 Å². The van der Waals surface area contributed by atoms with Crippen molar-refractivity contribution in [2.75, 3.05) is 6.61 Å². The maximum absolute atomic E-state index is 11.7. The Labute approximate surface area is 253 Å². The van der Waals surface area contributed by atoms with Crippen molar-refractivity contribution < 1.29 is 78.1 Å². The average molecular weight is 711 g/mol. The highest BCUT2D eigenvalue weighted by Gasteiger charge is 2.54. The lowest BCUT2D eigenvalue weighted by Gasteiger charge is -2.44. The summed E-state index contributed by atoms with van der Waals surface area (Å²) < 4.78 is 158. The molecule has 5 atom stereocenters. The van der Waals surface area contributed by atoms with Crippen molar-refractivity contribution in [2.45, 2.75) is 128 Å². The first-order valence-corrected chi connectivity index (χ1v) is 19.1. The number of unbranched alkanes of at least 4 members (excludes halogenated alkanes) is 8. The van der Waals surface area contributed by atoms with E-state index in [2.05, 4.69) is 16.7 Å². The van der Waals surface area contributed by atoms with Crippen LogP contribution in [0.1, 0.15) is 90.9 Å². The van der Waals surface area contributed by atoms with Crippen LogP contribution in [0.3, 0.4) is 0 Å². The first kappa shape index (κ1) is 40.4. The van der Waals surface area contributed by atoms with Crippen LogP contribution in [0.5, 0.6) is 0 Å². The second-order valence-corrected chi connectivity index (χ2v) is 14.1. The first-order chi connectivity index (χ1) is 19.7. The van der Waals surface area contributed by atoms with Crippen molar-refractivity contribution in [3.63, 3.8) is 0 Å². The molecule has 18 nitrogen and oxygen atoms in total. The summed E-state index contributed by atoms with van der Waals surface area (Å²) in [5.74, 6) is 0. The average Bonchev–Trinajstić information content (AvgIpc) is 2.83. The molecule has 4 N–H and O–H groups in total. The molecule has 0 aromatic rings. The van der Waals surface area contributed by atoms with E-state index in [-0.39, 0.29) is 0 Å². The van der Waals surface area contributed by atoms with Gasteiger partial charge >= 0.3 is 41.6 Å². The second kappa shape index (κ2) is 18.5. The summed E-state index contributed by atoms with van der Waals surface area (Å²) in [4.78, 5) is 0. The summed E-state index contributed by atoms with van der Waals surface area (Å²) in [5, 5.41) is 0. The Kier molecular flexibility index (Phi) is 17.4. The largest absolute Gasteiger partial charge is 0.397 e. The number of hydrogen-bond acceptors (Lipinski definition) is 14. The van der Waals surface area contributed by atoms with E-state index in [0.29, 0.717) is 25.7 Å². The Morgan fingerprint density at radius 1 is 0.581 bits per heavy atom. The summed E-state index contributed by atoms with van der Waals surface area (Å²) in [6, 6.07) is 0. The van der Waals surface area contributed by atoms with E-state index >= 15 is 0 Å². The van der Waals surface area contributed by atoms with Crippen LogP contribution in [0.2, 0.25) is 0 Å². The third-order valence-corrected chi connectivity index (χ3v) is 8.09. The standard InChI is InChI=1S/C21H42O18S4/c1-3-5-7-9-11-13-16(14-12-10-8-6-4-2)35-21-20(39-43(31,32)33)19(38-42(28,29)30)18(37-41(25,26)27)17(36-21)15-34-40(22,23)24/h16-21H,3-15H2,1-2H3,(H,22,23,24)(H,25,26,27)(H,28,29,30)(H,31,32,33)/t17-,18-,19+,20-,21+/m1/s1. The van der Waals surface area contributed by atoms with Gasteiger partial charge in [0, 0.05) is 0 Å². The molecule has 1 aliphatic heterocycles. The monoisotopic (exact) mass is 710 g/mol. The molecule has 0 aromatic carbocycles. The van der Waals surface area contributed by atoms with E-state index in [4.69, 9.17) is 14.0 Å². The Balaban J connectivity index is 3.51. The van der Waals surface area contributed by atoms with Crippen LogP contribution in [0.15, 0.2) is 0 Å². The first-order valence-electron chi connectivity index (χ1n) is 13.6. The third kappa shape index (κ3) is 18.8. The quantitative estimate of drug-likeness (QED) is 0.0873. The molecule has 43 heavy (non-hydrogen) atoms. The lowest BCUT2D eigenvalue weighted by molar-refractivity contribution is -0.298. The Hall–Kier alpha value is -0.600. The van der Waals surface area contributed by atoms with Crippen LogP contribution in [0.25, 0.3) is 0 Å². The minimum Gasteiger partial charge on any atom is -0.347 e. The molecule has 0 bridgehead atoms. The van der Waals surface area contributed by atoms with Crippen LogP contribution in [-0.4, -0.2) is 95.3 Å². The predicted molar refractivity (Wildman–Crippen MR) is 147 cm³/mol. The predicted octanol–water partition coefficient (Wildman–Crippen LogP) is 2.20. The van der Waals surface area contributed by atoms with E-state index < -0.39 is 85.0 Å². The summed E-state index contributed by atoms with van der Waals surface area (Å²) in [6.07, 6.45) is -2.96.